The summed E-state index contributed by atoms with van der Waals surface area (Å²) in [5, 5.41) is 0. The van der Waals surface area contributed by atoms with Gasteiger partial charge in [0.2, 0.25) is 0 Å². The molecule has 0 N–H and O–H groups in total. The molecule has 0 saturated carbocycles. The number of esters is 3. The van der Waals surface area contributed by atoms with Gasteiger partial charge in [0.1, 0.15) is 13.2 Å². The Kier molecular flexibility index (Phi) is 60.8. The molecular formula is C70H120O6. The third-order valence-corrected chi connectivity index (χ3v) is 13.8. The molecule has 1 unspecified atom stereocenters. The van der Waals surface area contributed by atoms with E-state index < -0.39 is 6.10 Å². The van der Waals surface area contributed by atoms with Crippen LogP contribution in [0.3, 0.4) is 0 Å². The van der Waals surface area contributed by atoms with Gasteiger partial charge in [-0.05, 0) is 122 Å². The van der Waals surface area contributed by atoms with Crippen molar-refractivity contribution in [2.75, 3.05) is 13.2 Å². The van der Waals surface area contributed by atoms with Gasteiger partial charge < -0.3 is 14.2 Å². The summed E-state index contributed by atoms with van der Waals surface area (Å²) in [5.41, 5.74) is 0. The summed E-state index contributed by atoms with van der Waals surface area (Å²) in [4.78, 5) is 38.3. The van der Waals surface area contributed by atoms with E-state index in [1.165, 1.54) is 148 Å². The standard InChI is InChI=1S/C70H120O6/c1-4-7-10-13-16-19-22-25-27-29-31-33-34-35-36-38-39-41-43-45-48-51-54-57-60-63-69(72)75-66-67(65-74-68(71)62-59-56-53-50-47-24-21-18-15-12-9-6-3)76-70(73)64-61-58-55-52-49-46-44-42-40-37-32-30-28-26-23-20-17-14-11-8-5-2/h8,11,17-18,20-22,25-26,28-29,31-32,37,42,44,67H,4-7,9-10,12-16,19,23-24,27,30,33-36,38-41,43,45-66H2,1-3H3/b11-8-,20-17-,21-18-,25-22-,28-26-,31-29-,37-32-,44-42-. The molecule has 0 aliphatic carbocycles. The molecular weight excluding hydrogens is 937 g/mol. The Balaban J connectivity index is 4.33. The van der Waals surface area contributed by atoms with E-state index in [0.717, 1.165) is 122 Å². The van der Waals surface area contributed by atoms with Gasteiger partial charge in [-0.3, -0.25) is 14.4 Å². The van der Waals surface area contributed by atoms with Gasteiger partial charge in [0.15, 0.2) is 6.10 Å². The Morgan fingerprint density at radius 2 is 0.513 bits per heavy atom. The number of carbonyl (C=O) groups excluding carboxylic acids is 3. The topological polar surface area (TPSA) is 78.9 Å². The number of hydrogen-bond acceptors (Lipinski definition) is 6. The second kappa shape index (κ2) is 63.9. The molecule has 0 rings (SSSR count). The van der Waals surface area contributed by atoms with Crippen molar-refractivity contribution in [3.05, 3.63) is 97.2 Å². The third kappa shape index (κ3) is 61.2. The summed E-state index contributed by atoms with van der Waals surface area (Å²) in [6, 6.07) is 0. The van der Waals surface area contributed by atoms with Gasteiger partial charge in [0, 0.05) is 19.3 Å². The smallest absolute Gasteiger partial charge is 0.306 e. The predicted octanol–water partition coefficient (Wildman–Crippen LogP) is 22.0. The monoisotopic (exact) mass is 1060 g/mol. The highest BCUT2D eigenvalue weighted by Gasteiger charge is 2.19. The quantitative estimate of drug-likeness (QED) is 0.0261. The van der Waals surface area contributed by atoms with E-state index in [-0.39, 0.29) is 31.1 Å². The summed E-state index contributed by atoms with van der Waals surface area (Å²) in [7, 11) is 0. The van der Waals surface area contributed by atoms with Crippen molar-refractivity contribution < 1.29 is 28.6 Å². The normalized spacial score (nSPS) is 12.7. The molecule has 0 heterocycles. The maximum atomic E-state index is 12.9. The molecule has 0 radical (unpaired) electrons. The van der Waals surface area contributed by atoms with Crippen LogP contribution < -0.4 is 0 Å². The maximum Gasteiger partial charge on any atom is 0.306 e. The van der Waals surface area contributed by atoms with Crippen molar-refractivity contribution in [2.24, 2.45) is 0 Å². The summed E-state index contributed by atoms with van der Waals surface area (Å²) >= 11 is 0. The lowest BCUT2D eigenvalue weighted by Gasteiger charge is -2.18. The van der Waals surface area contributed by atoms with Gasteiger partial charge in [-0.25, -0.2) is 0 Å². The Bertz CT molecular complexity index is 1490. The lowest BCUT2D eigenvalue weighted by molar-refractivity contribution is -0.167. The first-order chi connectivity index (χ1) is 37.5. The third-order valence-electron chi connectivity index (χ3n) is 13.8. The zero-order valence-corrected chi connectivity index (χ0v) is 50.0. The predicted molar refractivity (Wildman–Crippen MR) is 330 cm³/mol. The number of hydrogen-bond donors (Lipinski definition) is 0. The highest BCUT2D eigenvalue weighted by molar-refractivity contribution is 5.71. The molecule has 0 spiro atoms. The number of ether oxygens (including phenoxy) is 3. The summed E-state index contributed by atoms with van der Waals surface area (Å²) < 4.78 is 16.9. The molecule has 0 aromatic carbocycles. The molecule has 0 bridgehead atoms. The van der Waals surface area contributed by atoms with Gasteiger partial charge in [-0.1, -0.05) is 266 Å². The average Bonchev–Trinajstić information content (AvgIpc) is 3.42. The molecule has 436 valence electrons. The van der Waals surface area contributed by atoms with E-state index in [4.69, 9.17) is 14.2 Å². The molecule has 0 fully saturated rings. The number of rotatable bonds is 58. The first-order valence-electron chi connectivity index (χ1n) is 32.2. The van der Waals surface area contributed by atoms with Crippen molar-refractivity contribution in [3.8, 4) is 0 Å². The minimum Gasteiger partial charge on any atom is -0.462 e. The van der Waals surface area contributed by atoms with Crippen LogP contribution in [0.1, 0.15) is 310 Å². The molecule has 6 heteroatoms. The minimum atomic E-state index is -0.793. The molecule has 1 atom stereocenters. The lowest BCUT2D eigenvalue weighted by atomic mass is 10.0. The van der Waals surface area contributed by atoms with Crippen LogP contribution in [-0.2, 0) is 28.6 Å². The van der Waals surface area contributed by atoms with Gasteiger partial charge >= 0.3 is 17.9 Å². The van der Waals surface area contributed by atoms with Crippen molar-refractivity contribution in [2.45, 2.75) is 316 Å². The van der Waals surface area contributed by atoms with Crippen molar-refractivity contribution in [1.29, 1.82) is 0 Å². The summed E-state index contributed by atoms with van der Waals surface area (Å²) in [6.07, 6.45) is 85.6. The Hall–Kier alpha value is -3.67. The second-order valence-corrected chi connectivity index (χ2v) is 21.3. The molecule has 0 aliphatic heterocycles. The molecule has 0 aliphatic rings. The highest BCUT2D eigenvalue weighted by Crippen LogP contribution is 2.16. The minimum absolute atomic E-state index is 0.0878. The number of unbranched alkanes of at least 4 members (excludes halogenated alkanes) is 31. The summed E-state index contributed by atoms with van der Waals surface area (Å²) in [6.45, 7) is 6.49. The zero-order chi connectivity index (χ0) is 55.0. The Morgan fingerprint density at radius 1 is 0.276 bits per heavy atom. The van der Waals surface area contributed by atoms with E-state index in [2.05, 4.69) is 118 Å². The van der Waals surface area contributed by atoms with Gasteiger partial charge in [0.05, 0.1) is 0 Å². The molecule has 6 nitrogen and oxygen atoms in total. The fourth-order valence-corrected chi connectivity index (χ4v) is 8.97. The van der Waals surface area contributed by atoms with Gasteiger partial charge in [-0.15, -0.1) is 0 Å². The molecule has 0 aromatic rings. The van der Waals surface area contributed by atoms with Crippen LogP contribution in [0.2, 0.25) is 0 Å². The Morgan fingerprint density at radius 3 is 0.842 bits per heavy atom. The van der Waals surface area contributed by atoms with Crippen molar-refractivity contribution >= 4 is 17.9 Å². The largest absolute Gasteiger partial charge is 0.462 e. The molecule has 76 heavy (non-hydrogen) atoms. The highest BCUT2D eigenvalue weighted by atomic mass is 16.6. The summed E-state index contributed by atoms with van der Waals surface area (Å²) in [5.74, 6) is -0.908. The SMILES string of the molecule is CC/C=C\C/C=C\C/C=C\C/C=C\C/C=C\CCCCCCCC(=O)OC(COC(=O)CCCCCCC/C=C\CCCCC)COC(=O)CCCCCCCCCCCCCCC/C=C\C/C=C\CCCCCCC. The van der Waals surface area contributed by atoms with Gasteiger partial charge in [-0.2, -0.15) is 0 Å². The van der Waals surface area contributed by atoms with E-state index >= 15 is 0 Å². The first kappa shape index (κ1) is 72.3. The number of carbonyl (C=O) groups is 3. The van der Waals surface area contributed by atoms with Crippen LogP contribution in [0, 0.1) is 0 Å². The van der Waals surface area contributed by atoms with Crippen molar-refractivity contribution in [1.82, 2.24) is 0 Å². The van der Waals surface area contributed by atoms with Crippen LogP contribution in [0.5, 0.6) is 0 Å². The Labute approximate surface area is 470 Å². The van der Waals surface area contributed by atoms with E-state index in [9.17, 15) is 14.4 Å². The molecule has 0 aromatic heterocycles. The zero-order valence-electron chi connectivity index (χ0n) is 50.0. The van der Waals surface area contributed by atoms with Crippen LogP contribution in [0.25, 0.3) is 0 Å². The van der Waals surface area contributed by atoms with E-state index in [1.807, 2.05) is 0 Å². The van der Waals surface area contributed by atoms with Crippen LogP contribution >= 0.6 is 0 Å². The van der Waals surface area contributed by atoms with Gasteiger partial charge in [0.25, 0.3) is 0 Å². The number of allylic oxidation sites excluding steroid dienone is 16. The molecule has 0 amide bonds. The molecule has 0 saturated heterocycles. The van der Waals surface area contributed by atoms with E-state index in [0.29, 0.717) is 19.3 Å². The van der Waals surface area contributed by atoms with E-state index in [1.54, 1.807) is 0 Å². The maximum absolute atomic E-state index is 12.9. The first-order valence-corrected chi connectivity index (χ1v) is 32.2. The van der Waals surface area contributed by atoms with Crippen LogP contribution in [0.4, 0.5) is 0 Å². The fraction of sp³-hybridized carbons (Fsp3) is 0.729. The van der Waals surface area contributed by atoms with Crippen LogP contribution in [-0.4, -0.2) is 37.2 Å². The lowest BCUT2D eigenvalue weighted by Crippen LogP contribution is -2.30. The average molecular weight is 1060 g/mol. The van der Waals surface area contributed by atoms with Crippen molar-refractivity contribution in [3.63, 3.8) is 0 Å². The van der Waals surface area contributed by atoms with Crippen LogP contribution in [0.15, 0.2) is 97.2 Å². The fourth-order valence-electron chi connectivity index (χ4n) is 8.97. The second-order valence-electron chi connectivity index (χ2n) is 21.3.